The van der Waals surface area contributed by atoms with Crippen LogP contribution < -0.4 is 0 Å². The molecule has 0 saturated carbocycles. The number of rotatable bonds is 7. The molecule has 0 N–H and O–H groups in total. The molecule has 1 aliphatic heterocycles. The van der Waals surface area contributed by atoms with Crippen molar-refractivity contribution < 1.29 is 9.59 Å². The molecule has 0 aromatic carbocycles. The lowest BCUT2D eigenvalue weighted by Crippen LogP contribution is -2.47. The van der Waals surface area contributed by atoms with Gasteiger partial charge in [-0.1, -0.05) is 26.7 Å². The van der Waals surface area contributed by atoms with Crippen LogP contribution in [0.5, 0.6) is 0 Å². The van der Waals surface area contributed by atoms with Crippen molar-refractivity contribution in [2.45, 2.75) is 52.4 Å². The fourth-order valence-corrected chi connectivity index (χ4v) is 2.51. The van der Waals surface area contributed by atoms with Crippen molar-refractivity contribution in [1.82, 2.24) is 9.80 Å². The number of likely N-dealkylation sites (tertiary alicyclic amines) is 1. The smallest absolute Gasteiger partial charge is 0.235 e. The van der Waals surface area contributed by atoms with Crippen molar-refractivity contribution in [3.8, 4) is 0 Å². The van der Waals surface area contributed by atoms with E-state index in [-0.39, 0.29) is 11.8 Å². The summed E-state index contributed by atoms with van der Waals surface area (Å²) in [5.41, 5.74) is 0. The first kappa shape index (κ1) is 16.0. The Morgan fingerprint density at radius 2 is 1.84 bits per heavy atom. The molecule has 0 unspecified atom stereocenters. The van der Waals surface area contributed by atoms with E-state index in [0.717, 1.165) is 58.2 Å². The molecule has 0 radical (unpaired) electrons. The second-order valence-corrected chi connectivity index (χ2v) is 5.49. The van der Waals surface area contributed by atoms with Gasteiger partial charge in [0, 0.05) is 26.7 Å². The van der Waals surface area contributed by atoms with Crippen LogP contribution in [0.25, 0.3) is 0 Å². The van der Waals surface area contributed by atoms with Crippen LogP contribution in [0.4, 0.5) is 0 Å². The summed E-state index contributed by atoms with van der Waals surface area (Å²) in [6, 6.07) is 0. The van der Waals surface area contributed by atoms with Gasteiger partial charge in [0.2, 0.25) is 11.8 Å². The first-order valence-electron chi connectivity index (χ1n) is 7.65. The molecule has 0 aromatic rings. The summed E-state index contributed by atoms with van der Waals surface area (Å²) in [4.78, 5) is 28.3. The maximum absolute atomic E-state index is 12.5. The molecule has 4 nitrogen and oxygen atoms in total. The minimum Gasteiger partial charge on any atom is -0.345 e. The molecule has 1 saturated heterocycles. The Labute approximate surface area is 117 Å². The molecular formula is C15H28N2O2. The van der Waals surface area contributed by atoms with Gasteiger partial charge in [0.1, 0.15) is 5.92 Å². The third-order valence-corrected chi connectivity index (χ3v) is 3.83. The number of hydrogen-bond donors (Lipinski definition) is 0. The van der Waals surface area contributed by atoms with Crippen molar-refractivity contribution in [1.29, 1.82) is 0 Å². The molecule has 0 bridgehead atoms. The van der Waals surface area contributed by atoms with Crippen LogP contribution in [-0.2, 0) is 9.59 Å². The van der Waals surface area contributed by atoms with Gasteiger partial charge in [-0.15, -0.1) is 0 Å². The predicted molar refractivity (Wildman–Crippen MR) is 76.8 cm³/mol. The Balaban J connectivity index is 2.65. The van der Waals surface area contributed by atoms with Gasteiger partial charge in [-0.25, -0.2) is 0 Å². The Morgan fingerprint density at radius 3 is 2.37 bits per heavy atom. The summed E-state index contributed by atoms with van der Waals surface area (Å²) in [5.74, 6) is -0.361. The van der Waals surface area contributed by atoms with Gasteiger partial charge in [-0.3, -0.25) is 9.59 Å². The number of piperidine rings is 1. The van der Waals surface area contributed by atoms with E-state index in [9.17, 15) is 9.59 Å². The summed E-state index contributed by atoms with van der Waals surface area (Å²) >= 11 is 0. The summed E-state index contributed by atoms with van der Waals surface area (Å²) in [5, 5.41) is 0. The lowest BCUT2D eigenvalue weighted by molar-refractivity contribution is -0.149. The van der Waals surface area contributed by atoms with Crippen LogP contribution in [-0.4, -0.2) is 48.3 Å². The highest BCUT2D eigenvalue weighted by atomic mass is 16.2. The fourth-order valence-electron chi connectivity index (χ4n) is 2.51. The Bertz CT molecular complexity index is 297. The lowest BCUT2D eigenvalue weighted by atomic mass is 9.95. The van der Waals surface area contributed by atoms with Crippen LogP contribution in [0.2, 0.25) is 0 Å². The standard InChI is InChI=1S/C15H28N2O2/c1-4-6-11-17(12-7-5-2)15(19)13-9-8-10-16(3)14(13)18/h13H,4-12H2,1-3H3/t13-/m1/s1. The van der Waals surface area contributed by atoms with Gasteiger partial charge in [-0.05, 0) is 25.7 Å². The monoisotopic (exact) mass is 268 g/mol. The Morgan fingerprint density at radius 1 is 1.26 bits per heavy atom. The molecule has 1 atom stereocenters. The zero-order valence-corrected chi connectivity index (χ0v) is 12.7. The average Bonchev–Trinajstić information content (AvgIpc) is 2.41. The zero-order chi connectivity index (χ0) is 14.3. The molecule has 19 heavy (non-hydrogen) atoms. The SMILES string of the molecule is CCCCN(CCCC)C(=O)[C@@H]1CCCN(C)C1=O. The average molecular weight is 268 g/mol. The molecule has 0 spiro atoms. The highest BCUT2D eigenvalue weighted by Crippen LogP contribution is 2.20. The van der Waals surface area contributed by atoms with Gasteiger partial charge in [0.15, 0.2) is 0 Å². The molecule has 1 heterocycles. The van der Waals surface area contributed by atoms with Crippen LogP contribution in [0, 0.1) is 5.92 Å². The Kier molecular flexibility index (Phi) is 6.89. The van der Waals surface area contributed by atoms with E-state index in [0.29, 0.717) is 0 Å². The molecule has 1 fully saturated rings. The van der Waals surface area contributed by atoms with Crippen molar-refractivity contribution >= 4 is 11.8 Å². The third kappa shape index (κ3) is 4.51. The lowest BCUT2D eigenvalue weighted by Gasteiger charge is -2.32. The summed E-state index contributed by atoms with van der Waals surface area (Å²) in [6.07, 6.45) is 5.85. The molecule has 4 heteroatoms. The quantitative estimate of drug-likeness (QED) is 0.665. The molecule has 1 aliphatic rings. The molecule has 2 amide bonds. The maximum atomic E-state index is 12.5. The predicted octanol–water partition coefficient (Wildman–Crippen LogP) is 2.28. The second-order valence-electron chi connectivity index (χ2n) is 5.49. The first-order valence-corrected chi connectivity index (χ1v) is 7.65. The molecule has 0 aliphatic carbocycles. The van der Waals surface area contributed by atoms with E-state index in [1.807, 2.05) is 4.90 Å². The van der Waals surface area contributed by atoms with E-state index < -0.39 is 5.92 Å². The van der Waals surface area contributed by atoms with Crippen molar-refractivity contribution in [2.75, 3.05) is 26.7 Å². The number of hydrogen-bond acceptors (Lipinski definition) is 2. The van der Waals surface area contributed by atoms with E-state index in [1.54, 1.807) is 11.9 Å². The maximum Gasteiger partial charge on any atom is 0.235 e. The van der Waals surface area contributed by atoms with Crippen LogP contribution in [0.3, 0.4) is 0 Å². The number of carbonyl (C=O) groups excluding carboxylic acids is 2. The van der Waals surface area contributed by atoms with Gasteiger partial charge in [-0.2, -0.15) is 0 Å². The highest BCUT2D eigenvalue weighted by molar-refractivity contribution is 6.00. The van der Waals surface area contributed by atoms with Gasteiger partial charge in [0.05, 0.1) is 0 Å². The van der Waals surface area contributed by atoms with E-state index in [2.05, 4.69) is 13.8 Å². The minimum atomic E-state index is -0.424. The van der Waals surface area contributed by atoms with Crippen LogP contribution in [0.15, 0.2) is 0 Å². The molecule has 110 valence electrons. The minimum absolute atomic E-state index is 0.00856. The Hall–Kier alpha value is -1.06. The van der Waals surface area contributed by atoms with Crippen LogP contribution in [0.1, 0.15) is 52.4 Å². The molecular weight excluding hydrogens is 240 g/mol. The van der Waals surface area contributed by atoms with Gasteiger partial charge >= 0.3 is 0 Å². The number of unbranched alkanes of at least 4 members (excludes halogenated alkanes) is 2. The summed E-state index contributed by atoms with van der Waals surface area (Å²) in [6.45, 7) is 6.63. The van der Waals surface area contributed by atoms with Crippen LogP contribution >= 0.6 is 0 Å². The van der Waals surface area contributed by atoms with Crippen molar-refractivity contribution in [3.05, 3.63) is 0 Å². The van der Waals surface area contributed by atoms with Gasteiger partial charge in [0.25, 0.3) is 0 Å². The van der Waals surface area contributed by atoms with E-state index in [4.69, 9.17) is 0 Å². The van der Waals surface area contributed by atoms with Gasteiger partial charge < -0.3 is 9.80 Å². The zero-order valence-electron chi connectivity index (χ0n) is 12.7. The van der Waals surface area contributed by atoms with E-state index >= 15 is 0 Å². The first-order chi connectivity index (χ1) is 9.11. The van der Waals surface area contributed by atoms with Crippen molar-refractivity contribution in [2.24, 2.45) is 5.92 Å². The number of nitrogens with zero attached hydrogens (tertiary/aromatic N) is 2. The molecule has 1 rings (SSSR count). The summed E-state index contributed by atoms with van der Waals surface area (Å²) < 4.78 is 0. The van der Waals surface area contributed by atoms with Crippen molar-refractivity contribution in [3.63, 3.8) is 0 Å². The highest BCUT2D eigenvalue weighted by Gasteiger charge is 2.34. The largest absolute Gasteiger partial charge is 0.345 e. The topological polar surface area (TPSA) is 40.6 Å². The normalized spacial score (nSPS) is 19.6. The summed E-state index contributed by atoms with van der Waals surface area (Å²) in [7, 11) is 1.80. The molecule has 0 aromatic heterocycles. The number of amides is 2. The van der Waals surface area contributed by atoms with E-state index in [1.165, 1.54) is 0 Å². The number of carbonyl (C=O) groups is 2. The second kappa shape index (κ2) is 8.18. The fraction of sp³-hybridized carbons (Fsp3) is 0.867. The third-order valence-electron chi connectivity index (χ3n) is 3.83.